The number of aromatic nitrogens is 3. The maximum Gasteiger partial charge on any atom is 0.274 e. The van der Waals surface area contributed by atoms with Crippen LogP contribution < -0.4 is 5.32 Å². The van der Waals surface area contributed by atoms with Crippen LogP contribution in [0.3, 0.4) is 0 Å². The van der Waals surface area contributed by atoms with Gasteiger partial charge in [-0.25, -0.2) is 15.0 Å². The Hall–Kier alpha value is -2.34. The van der Waals surface area contributed by atoms with E-state index >= 15 is 0 Å². The fourth-order valence-electron chi connectivity index (χ4n) is 2.04. The molecular formula is C16H16N4OS. The molecule has 0 spiro atoms. The standard InChI is InChI=1S/C16H16N4OS/c1-9(2)16-20-12-5-4-11(8-14(12)22-16)19-15(21)13-6-7-17-10(3)18-13/h4-9H,1-3H3,(H,19,21). The fourth-order valence-corrected chi connectivity index (χ4v) is 3.05. The Balaban J connectivity index is 1.86. The molecule has 0 radical (unpaired) electrons. The molecule has 3 rings (SSSR count). The Morgan fingerprint density at radius 2 is 2.05 bits per heavy atom. The van der Waals surface area contributed by atoms with Crippen LogP contribution in [0.25, 0.3) is 10.2 Å². The summed E-state index contributed by atoms with van der Waals surface area (Å²) in [4.78, 5) is 24.9. The molecule has 0 aliphatic rings. The number of carbonyl (C=O) groups excluding carboxylic acids is 1. The van der Waals surface area contributed by atoms with E-state index in [4.69, 9.17) is 0 Å². The summed E-state index contributed by atoms with van der Waals surface area (Å²) in [6.45, 7) is 6.00. The van der Waals surface area contributed by atoms with Gasteiger partial charge in [-0.3, -0.25) is 4.79 Å². The van der Waals surface area contributed by atoms with Gasteiger partial charge in [0, 0.05) is 17.8 Å². The van der Waals surface area contributed by atoms with Crippen molar-refractivity contribution in [2.24, 2.45) is 0 Å². The molecule has 0 unspecified atom stereocenters. The molecule has 112 valence electrons. The molecule has 0 bridgehead atoms. The summed E-state index contributed by atoms with van der Waals surface area (Å²) >= 11 is 1.66. The molecule has 1 amide bonds. The van der Waals surface area contributed by atoms with E-state index in [0.717, 1.165) is 20.9 Å². The van der Waals surface area contributed by atoms with Crippen LogP contribution in [0.15, 0.2) is 30.5 Å². The Labute approximate surface area is 132 Å². The van der Waals surface area contributed by atoms with E-state index < -0.39 is 0 Å². The van der Waals surface area contributed by atoms with E-state index in [1.807, 2.05) is 18.2 Å². The highest BCUT2D eigenvalue weighted by Crippen LogP contribution is 2.29. The van der Waals surface area contributed by atoms with Crippen molar-refractivity contribution in [1.29, 1.82) is 0 Å². The first-order valence-electron chi connectivity index (χ1n) is 7.04. The zero-order valence-corrected chi connectivity index (χ0v) is 13.4. The molecule has 2 heterocycles. The Morgan fingerprint density at radius 3 is 2.77 bits per heavy atom. The molecule has 0 atom stereocenters. The van der Waals surface area contributed by atoms with Crippen LogP contribution >= 0.6 is 11.3 Å². The first-order chi connectivity index (χ1) is 10.5. The van der Waals surface area contributed by atoms with Crippen LogP contribution in [0.1, 0.15) is 41.1 Å². The van der Waals surface area contributed by atoms with Gasteiger partial charge >= 0.3 is 0 Å². The number of hydrogen-bond donors (Lipinski definition) is 1. The number of nitrogens with zero attached hydrogens (tertiary/aromatic N) is 3. The minimum absolute atomic E-state index is 0.238. The number of amides is 1. The van der Waals surface area contributed by atoms with E-state index in [-0.39, 0.29) is 5.91 Å². The molecule has 0 saturated carbocycles. The van der Waals surface area contributed by atoms with Crippen molar-refractivity contribution in [2.75, 3.05) is 5.32 Å². The second kappa shape index (κ2) is 5.81. The lowest BCUT2D eigenvalue weighted by atomic mass is 10.2. The second-order valence-electron chi connectivity index (χ2n) is 5.33. The molecular weight excluding hydrogens is 296 g/mol. The van der Waals surface area contributed by atoms with Gasteiger partial charge < -0.3 is 5.32 Å². The molecule has 0 saturated heterocycles. The van der Waals surface area contributed by atoms with Gasteiger partial charge in [0.2, 0.25) is 0 Å². The maximum absolute atomic E-state index is 12.2. The third kappa shape index (κ3) is 2.96. The zero-order chi connectivity index (χ0) is 15.7. The summed E-state index contributed by atoms with van der Waals surface area (Å²) in [5, 5.41) is 3.97. The van der Waals surface area contributed by atoms with Crippen LogP contribution in [0, 0.1) is 6.92 Å². The van der Waals surface area contributed by atoms with Gasteiger partial charge in [0.15, 0.2) is 0 Å². The van der Waals surface area contributed by atoms with Gasteiger partial charge in [-0.15, -0.1) is 11.3 Å². The van der Waals surface area contributed by atoms with Crippen molar-refractivity contribution in [3.8, 4) is 0 Å². The fraction of sp³-hybridized carbons (Fsp3) is 0.250. The highest BCUT2D eigenvalue weighted by molar-refractivity contribution is 7.18. The monoisotopic (exact) mass is 312 g/mol. The number of benzene rings is 1. The van der Waals surface area contributed by atoms with E-state index in [1.165, 1.54) is 0 Å². The van der Waals surface area contributed by atoms with Gasteiger partial charge in [-0.05, 0) is 31.2 Å². The predicted molar refractivity (Wildman–Crippen MR) is 88.4 cm³/mol. The molecule has 6 heteroatoms. The van der Waals surface area contributed by atoms with Gasteiger partial charge in [0.25, 0.3) is 5.91 Å². The lowest BCUT2D eigenvalue weighted by molar-refractivity contribution is 0.102. The quantitative estimate of drug-likeness (QED) is 0.799. The van der Waals surface area contributed by atoms with Crippen LogP contribution in [0.4, 0.5) is 5.69 Å². The molecule has 3 aromatic rings. The molecule has 2 aromatic heterocycles. The minimum Gasteiger partial charge on any atom is -0.321 e. The molecule has 0 fully saturated rings. The third-order valence-corrected chi connectivity index (χ3v) is 4.48. The second-order valence-corrected chi connectivity index (χ2v) is 6.39. The molecule has 0 aliphatic heterocycles. The van der Waals surface area contributed by atoms with Crippen molar-refractivity contribution in [1.82, 2.24) is 15.0 Å². The van der Waals surface area contributed by atoms with Gasteiger partial charge in [0.1, 0.15) is 11.5 Å². The molecule has 0 aliphatic carbocycles. The predicted octanol–water partition coefficient (Wildman–Crippen LogP) is 3.77. The summed E-state index contributed by atoms with van der Waals surface area (Å²) in [6, 6.07) is 7.34. The summed E-state index contributed by atoms with van der Waals surface area (Å²) in [5.74, 6) is 0.741. The number of nitrogens with one attached hydrogen (secondary N) is 1. The van der Waals surface area contributed by atoms with Crippen molar-refractivity contribution >= 4 is 33.1 Å². The molecule has 1 aromatic carbocycles. The Kier molecular flexibility index (Phi) is 3.85. The summed E-state index contributed by atoms with van der Waals surface area (Å²) < 4.78 is 1.07. The topological polar surface area (TPSA) is 67.8 Å². The first kappa shape index (κ1) is 14.6. The zero-order valence-electron chi connectivity index (χ0n) is 12.6. The number of carbonyl (C=O) groups is 1. The highest BCUT2D eigenvalue weighted by atomic mass is 32.1. The minimum atomic E-state index is -0.238. The van der Waals surface area contributed by atoms with E-state index in [9.17, 15) is 4.79 Å². The number of thiazole rings is 1. The van der Waals surface area contributed by atoms with Gasteiger partial charge in [-0.2, -0.15) is 0 Å². The highest BCUT2D eigenvalue weighted by Gasteiger charge is 2.11. The van der Waals surface area contributed by atoms with E-state index in [0.29, 0.717) is 17.4 Å². The van der Waals surface area contributed by atoms with Crippen molar-refractivity contribution in [2.45, 2.75) is 26.7 Å². The largest absolute Gasteiger partial charge is 0.321 e. The Bertz CT molecular complexity index is 841. The average molecular weight is 312 g/mol. The molecule has 5 nitrogen and oxygen atoms in total. The lowest BCUT2D eigenvalue weighted by Crippen LogP contribution is -2.14. The Morgan fingerprint density at radius 1 is 1.23 bits per heavy atom. The maximum atomic E-state index is 12.2. The average Bonchev–Trinajstić information content (AvgIpc) is 2.90. The normalized spacial score (nSPS) is 11.1. The van der Waals surface area contributed by atoms with Crippen molar-refractivity contribution in [3.63, 3.8) is 0 Å². The van der Waals surface area contributed by atoms with E-state index in [1.54, 1.807) is 30.5 Å². The number of anilines is 1. The van der Waals surface area contributed by atoms with Gasteiger partial charge in [-0.1, -0.05) is 13.8 Å². The van der Waals surface area contributed by atoms with Crippen LogP contribution in [0.5, 0.6) is 0 Å². The van der Waals surface area contributed by atoms with Crippen LogP contribution in [-0.4, -0.2) is 20.9 Å². The van der Waals surface area contributed by atoms with Crippen molar-refractivity contribution in [3.05, 3.63) is 47.0 Å². The smallest absolute Gasteiger partial charge is 0.274 e. The summed E-state index contributed by atoms with van der Waals surface area (Å²) in [5.41, 5.74) is 2.07. The van der Waals surface area contributed by atoms with Crippen LogP contribution in [0.2, 0.25) is 0 Å². The third-order valence-electron chi connectivity index (χ3n) is 3.17. The summed E-state index contributed by atoms with van der Waals surface area (Å²) in [6.07, 6.45) is 1.58. The molecule has 1 N–H and O–H groups in total. The van der Waals surface area contributed by atoms with E-state index in [2.05, 4.69) is 34.1 Å². The first-order valence-corrected chi connectivity index (χ1v) is 7.86. The number of hydrogen-bond acceptors (Lipinski definition) is 5. The molecule has 22 heavy (non-hydrogen) atoms. The van der Waals surface area contributed by atoms with Crippen LogP contribution in [-0.2, 0) is 0 Å². The SMILES string of the molecule is Cc1nccc(C(=O)Nc2ccc3nc(C(C)C)sc3c2)n1. The van der Waals surface area contributed by atoms with Gasteiger partial charge in [0.05, 0.1) is 15.2 Å². The lowest BCUT2D eigenvalue weighted by Gasteiger charge is -2.04. The number of fused-ring (bicyclic) bond motifs is 1. The van der Waals surface area contributed by atoms with Crippen molar-refractivity contribution < 1.29 is 4.79 Å². The number of aryl methyl sites for hydroxylation is 1. The number of rotatable bonds is 3. The summed E-state index contributed by atoms with van der Waals surface area (Å²) in [7, 11) is 0.